The maximum atomic E-state index is 5.94. The molecule has 4 heteroatoms. The Morgan fingerprint density at radius 3 is 2.81 bits per heavy atom. The van der Waals surface area contributed by atoms with Crippen LogP contribution >= 0.6 is 0 Å². The third kappa shape index (κ3) is 1.13. The molecule has 3 rings (SSSR count). The summed E-state index contributed by atoms with van der Waals surface area (Å²) in [5, 5.41) is 5.19. The summed E-state index contributed by atoms with van der Waals surface area (Å²) in [6.07, 6.45) is 3.48. The molecule has 0 atom stereocenters. The SMILES string of the molecule is Cn1ncc(-c2coc3ccccc23)c1N. The fraction of sp³-hybridized carbons (Fsp3) is 0.0833. The Balaban J connectivity index is 2.30. The van der Waals surface area contributed by atoms with Crippen molar-refractivity contribution < 1.29 is 4.42 Å². The summed E-state index contributed by atoms with van der Waals surface area (Å²) in [5.74, 6) is 0.645. The normalized spacial score (nSPS) is 11.1. The van der Waals surface area contributed by atoms with Crippen LogP contribution in [0, 0.1) is 0 Å². The standard InChI is InChI=1S/C12H11N3O/c1-15-12(13)9(6-14-15)10-7-16-11-5-3-2-4-8(10)11/h2-7H,13H2,1H3. The van der Waals surface area contributed by atoms with Crippen molar-refractivity contribution >= 4 is 16.8 Å². The molecule has 0 aliphatic carbocycles. The fourth-order valence-electron chi connectivity index (χ4n) is 1.84. The first kappa shape index (κ1) is 9.03. The van der Waals surface area contributed by atoms with Crippen LogP contribution in [0.25, 0.3) is 22.1 Å². The van der Waals surface area contributed by atoms with Gasteiger partial charge in [-0.25, -0.2) is 0 Å². The molecule has 0 spiro atoms. The Kier molecular flexibility index (Phi) is 1.77. The van der Waals surface area contributed by atoms with Gasteiger partial charge in [0.2, 0.25) is 0 Å². The van der Waals surface area contributed by atoms with Crippen LogP contribution in [0.1, 0.15) is 0 Å². The summed E-state index contributed by atoms with van der Waals surface area (Å²) in [4.78, 5) is 0. The molecule has 2 aromatic heterocycles. The number of fused-ring (bicyclic) bond motifs is 1. The highest BCUT2D eigenvalue weighted by atomic mass is 16.3. The van der Waals surface area contributed by atoms with E-state index in [0.717, 1.165) is 22.1 Å². The minimum Gasteiger partial charge on any atom is -0.464 e. The number of furan rings is 1. The molecule has 4 nitrogen and oxygen atoms in total. The first-order valence-corrected chi connectivity index (χ1v) is 5.01. The molecule has 0 aliphatic rings. The largest absolute Gasteiger partial charge is 0.464 e. The maximum Gasteiger partial charge on any atom is 0.134 e. The van der Waals surface area contributed by atoms with Gasteiger partial charge in [-0.2, -0.15) is 5.10 Å². The molecule has 0 saturated carbocycles. The van der Waals surface area contributed by atoms with Gasteiger partial charge in [-0.1, -0.05) is 18.2 Å². The Morgan fingerprint density at radius 2 is 2.06 bits per heavy atom. The van der Waals surface area contributed by atoms with Crippen LogP contribution in [0.15, 0.2) is 41.1 Å². The molecule has 80 valence electrons. The van der Waals surface area contributed by atoms with E-state index in [1.54, 1.807) is 17.1 Å². The Labute approximate surface area is 92.3 Å². The number of hydrogen-bond acceptors (Lipinski definition) is 3. The number of benzene rings is 1. The minimum absolute atomic E-state index is 0.645. The highest BCUT2D eigenvalue weighted by Crippen LogP contribution is 2.33. The van der Waals surface area contributed by atoms with Crippen LogP contribution in [0.3, 0.4) is 0 Å². The molecule has 0 amide bonds. The summed E-state index contributed by atoms with van der Waals surface area (Å²) in [6.45, 7) is 0. The number of rotatable bonds is 1. The van der Waals surface area contributed by atoms with E-state index in [-0.39, 0.29) is 0 Å². The number of aryl methyl sites for hydroxylation is 1. The molecule has 0 saturated heterocycles. The predicted molar refractivity (Wildman–Crippen MR) is 62.8 cm³/mol. The van der Waals surface area contributed by atoms with Crippen molar-refractivity contribution in [2.24, 2.45) is 7.05 Å². The second-order valence-corrected chi connectivity index (χ2v) is 3.71. The first-order valence-electron chi connectivity index (χ1n) is 5.01. The van der Waals surface area contributed by atoms with E-state index < -0.39 is 0 Å². The van der Waals surface area contributed by atoms with Crippen molar-refractivity contribution in [3.8, 4) is 11.1 Å². The molecular formula is C12H11N3O. The number of nitrogen functional groups attached to an aromatic ring is 1. The smallest absolute Gasteiger partial charge is 0.134 e. The van der Waals surface area contributed by atoms with E-state index in [4.69, 9.17) is 10.2 Å². The third-order valence-electron chi connectivity index (χ3n) is 2.76. The van der Waals surface area contributed by atoms with Gasteiger partial charge in [0.1, 0.15) is 11.4 Å². The molecule has 0 radical (unpaired) electrons. The Hall–Kier alpha value is -2.23. The summed E-state index contributed by atoms with van der Waals surface area (Å²) in [7, 11) is 1.82. The van der Waals surface area contributed by atoms with Gasteiger partial charge in [0.15, 0.2) is 0 Å². The zero-order valence-electron chi connectivity index (χ0n) is 8.84. The number of nitrogens with two attached hydrogens (primary N) is 1. The molecule has 0 unspecified atom stereocenters. The van der Waals surface area contributed by atoms with Crippen molar-refractivity contribution in [1.29, 1.82) is 0 Å². The maximum absolute atomic E-state index is 5.94. The van der Waals surface area contributed by atoms with Gasteiger partial charge in [0, 0.05) is 23.6 Å². The van der Waals surface area contributed by atoms with Gasteiger partial charge in [-0.15, -0.1) is 0 Å². The number of hydrogen-bond donors (Lipinski definition) is 1. The molecule has 0 fully saturated rings. The van der Waals surface area contributed by atoms with E-state index >= 15 is 0 Å². The molecular weight excluding hydrogens is 202 g/mol. The molecule has 0 aliphatic heterocycles. The topological polar surface area (TPSA) is 57.0 Å². The lowest BCUT2D eigenvalue weighted by molar-refractivity contribution is 0.617. The Morgan fingerprint density at radius 1 is 1.25 bits per heavy atom. The van der Waals surface area contributed by atoms with Crippen molar-refractivity contribution in [2.75, 3.05) is 5.73 Å². The molecule has 2 N–H and O–H groups in total. The number of para-hydroxylation sites is 1. The summed E-state index contributed by atoms with van der Waals surface area (Å²) in [6, 6.07) is 7.88. The second kappa shape index (κ2) is 3.13. The highest BCUT2D eigenvalue weighted by molar-refractivity contribution is 5.96. The number of anilines is 1. The Bertz CT molecular complexity index is 651. The van der Waals surface area contributed by atoms with Crippen LogP contribution < -0.4 is 5.73 Å². The third-order valence-corrected chi connectivity index (χ3v) is 2.76. The van der Waals surface area contributed by atoms with Gasteiger partial charge in [0.25, 0.3) is 0 Å². The zero-order chi connectivity index (χ0) is 11.1. The van der Waals surface area contributed by atoms with Crippen LogP contribution in [-0.4, -0.2) is 9.78 Å². The van der Waals surface area contributed by atoms with Crippen LogP contribution in [-0.2, 0) is 7.05 Å². The van der Waals surface area contributed by atoms with E-state index in [1.165, 1.54) is 0 Å². The molecule has 0 bridgehead atoms. The van der Waals surface area contributed by atoms with E-state index in [1.807, 2.05) is 31.3 Å². The fourth-order valence-corrected chi connectivity index (χ4v) is 1.84. The van der Waals surface area contributed by atoms with Crippen molar-refractivity contribution in [3.63, 3.8) is 0 Å². The second-order valence-electron chi connectivity index (χ2n) is 3.71. The van der Waals surface area contributed by atoms with Crippen molar-refractivity contribution in [3.05, 3.63) is 36.7 Å². The van der Waals surface area contributed by atoms with E-state index in [2.05, 4.69) is 5.10 Å². The lowest BCUT2D eigenvalue weighted by atomic mass is 10.1. The summed E-state index contributed by atoms with van der Waals surface area (Å²) < 4.78 is 7.13. The number of aromatic nitrogens is 2. The average Bonchev–Trinajstić information content (AvgIpc) is 2.85. The quantitative estimate of drug-likeness (QED) is 0.675. The zero-order valence-corrected chi connectivity index (χ0v) is 8.84. The van der Waals surface area contributed by atoms with Gasteiger partial charge in [-0.3, -0.25) is 4.68 Å². The lowest BCUT2D eigenvalue weighted by Crippen LogP contribution is -1.97. The van der Waals surface area contributed by atoms with E-state index in [0.29, 0.717) is 5.82 Å². The predicted octanol–water partition coefficient (Wildman–Crippen LogP) is 2.42. The summed E-state index contributed by atoms with van der Waals surface area (Å²) >= 11 is 0. The molecule has 3 aromatic rings. The van der Waals surface area contributed by atoms with Gasteiger partial charge in [-0.05, 0) is 6.07 Å². The van der Waals surface area contributed by atoms with E-state index in [9.17, 15) is 0 Å². The van der Waals surface area contributed by atoms with Gasteiger partial charge in [0.05, 0.1) is 12.5 Å². The molecule has 2 heterocycles. The average molecular weight is 213 g/mol. The summed E-state index contributed by atoms with van der Waals surface area (Å²) in [5.41, 5.74) is 8.70. The lowest BCUT2D eigenvalue weighted by Gasteiger charge is -1.97. The van der Waals surface area contributed by atoms with Crippen molar-refractivity contribution in [2.45, 2.75) is 0 Å². The van der Waals surface area contributed by atoms with Crippen LogP contribution in [0.4, 0.5) is 5.82 Å². The van der Waals surface area contributed by atoms with Gasteiger partial charge < -0.3 is 10.2 Å². The van der Waals surface area contributed by atoms with Crippen LogP contribution in [0.5, 0.6) is 0 Å². The van der Waals surface area contributed by atoms with Crippen molar-refractivity contribution in [1.82, 2.24) is 9.78 Å². The monoisotopic (exact) mass is 213 g/mol. The van der Waals surface area contributed by atoms with Crippen LogP contribution in [0.2, 0.25) is 0 Å². The molecule has 16 heavy (non-hydrogen) atoms. The van der Waals surface area contributed by atoms with Gasteiger partial charge >= 0.3 is 0 Å². The molecule has 1 aromatic carbocycles. The highest BCUT2D eigenvalue weighted by Gasteiger charge is 2.12. The number of nitrogens with zero attached hydrogens (tertiary/aromatic N) is 2. The minimum atomic E-state index is 0.645. The first-order chi connectivity index (χ1) is 7.77.